The predicted octanol–water partition coefficient (Wildman–Crippen LogP) is 5.63. The number of ether oxygens (including phenoxy) is 1. The van der Waals surface area contributed by atoms with Crippen molar-refractivity contribution >= 4 is 29.1 Å². The lowest BCUT2D eigenvalue weighted by Crippen LogP contribution is -2.38. The summed E-state index contributed by atoms with van der Waals surface area (Å²) in [5, 5.41) is 11.6. The number of nitrogens with zero attached hydrogens (tertiary/aromatic N) is 2. The molecule has 0 aromatic heterocycles. The number of carbonyl (C=O) groups excluding carboxylic acids is 2. The van der Waals surface area contributed by atoms with Crippen molar-refractivity contribution in [3.8, 4) is 5.75 Å². The van der Waals surface area contributed by atoms with Crippen LogP contribution in [0, 0.1) is 0 Å². The van der Waals surface area contributed by atoms with Gasteiger partial charge in [-0.3, -0.25) is 9.59 Å². The molecule has 6 nitrogen and oxygen atoms in total. The first-order chi connectivity index (χ1) is 16.7. The quantitative estimate of drug-likeness (QED) is 0.261. The van der Waals surface area contributed by atoms with Crippen LogP contribution in [-0.2, 0) is 9.59 Å². The molecule has 1 aliphatic rings. The highest BCUT2D eigenvalue weighted by atomic mass is 35.5. The molecule has 7 heteroatoms. The van der Waals surface area contributed by atoms with Gasteiger partial charge in [0, 0.05) is 18.7 Å². The van der Waals surface area contributed by atoms with Crippen LogP contribution in [0.25, 0.3) is 5.76 Å². The van der Waals surface area contributed by atoms with Crippen LogP contribution in [0.1, 0.15) is 63.3 Å². The highest BCUT2D eigenvalue weighted by Crippen LogP contribution is 2.40. The van der Waals surface area contributed by atoms with Crippen LogP contribution in [-0.4, -0.2) is 59.4 Å². The molecular formula is C28H35ClN2O4. The number of aliphatic hydroxyl groups is 1. The number of benzene rings is 2. The Morgan fingerprint density at radius 3 is 2.29 bits per heavy atom. The Morgan fingerprint density at radius 2 is 1.74 bits per heavy atom. The third kappa shape index (κ3) is 5.71. The fourth-order valence-corrected chi connectivity index (χ4v) is 4.62. The first-order valence-electron chi connectivity index (χ1n) is 12.3. The lowest BCUT2D eigenvalue weighted by atomic mass is 9.93. The van der Waals surface area contributed by atoms with Gasteiger partial charge >= 0.3 is 0 Å². The van der Waals surface area contributed by atoms with Crippen molar-refractivity contribution in [3.05, 3.63) is 69.8 Å². The number of likely N-dealkylation sites (tertiary alicyclic amines) is 1. The number of ketones is 1. The predicted molar refractivity (Wildman–Crippen MR) is 140 cm³/mol. The van der Waals surface area contributed by atoms with E-state index >= 15 is 0 Å². The summed E-state index contributed by atoms with van der Waals surface area (Å²) in [6, 6.07) is 12.1. The first kappa shape index (κ1) is 26.8. The number of aliphatic hydroxyl groups excluding tert-OH is 1. The van der Waals surface area contributed by atoms with Gasteiger partial charge in [-0.2, -0.15) is 0 Å². The summed E-state index contributed by atoms with van der Waals surface area (Å²) < 4.78 is 5.48. The minimum Gasteiger partial charge on any atom is -0.507 e. The summed E-state index contributed by atoms with van der Waals surface area (Å²) in [7, 11) is 0. The number of rotatable bonds is 10. The van der Waals surface area contributed by atoms with E-state index in [1.54, 1.807) is 23.1 Å². The third-order valence-electron chi connectivity index (χ3n) is 6.52. The van der Waals surface area contributed by atoms with Gasteiger partial charge < -0.3 is 19.6 Å². The summed E-state index contributed by atoms with van der Waals surface area (Å²) in [5.41, 5.74) is 2.38. The number of likely N-dealkylation sites (N-methyl/N-ethyl adjacent to an activating group) is 1. The minimum atomic E-state index is -0.690. The fraction of sp³-hybridized carbons (Fsp3) is 0.429. The Bertz CT molecular complexity index is 1090. The summed E-state index contributed by atoms with van der Waals surface area (Å²) in [5.74, 6) is -0.689. The highest BCUT2D eigenvalue weighted by Gasteiger charge is 2.46. The van der Waals surface area contributed by atoms with Crippen molar-refractivity contribution < 1.29 is 19.4 Å². The number of halogens is 1. The van der Waals surface area contributed by atoms with Crippen molar-refractivity contribution in [3.63, 3.8) is 0 Å². The van der Waals surface area contributed by atoms with Crippen molar-refractivity contribution in [1.29, 1.82) is 0 Å². The van der Waals surface area contributed by atoms with Crippen molar-refractivity contribution in [2.45, 2.75) is 46.6 Å². The van der Waals surface area contributed by atoms with Gasteiger partial charge in [0.25, 0.3) is 11.7 Å². The van der Waals surface area contributed by atoms with Crippen LogP contribution >= 0.6 is 11.6 Å². The van der Waals surface area contributed by atoms with Gasteiger partial charge in [-0.1, -0.05) is 63.6 Å². The molecule has 3 rings (SSSR count). The zero-order chi connectivity index (χ0) is 25.7. The average molecular weight is 499 g/mol. The van der Waals surface area contributed by atoms with Gasteiger partial charge in [0.15, 0.2) is 0 Å². The molecule has 0 bridgehead atoms. The maximum absolute atomic E-state index is 13.2. The molecule has 2 aromatic carbocycles. The molecule has 0 spiro atoms. The molecule has 1 N–H and O–H groups in total. The van der Waals surface area contributed by atoms with E-state index in [1.165, 1.54) is 0 Å². The van der Waals surface area contributed by atoms with Crippen molar-refractivity contribution in [1.82, 2.24) is 9.80 Å². The second-order valence-electron chi connectivity index (χ2n) is 8.92. The van der Waals surface area contributed by atoms with Crippen LogP contribution in [0.3, 0.4) is 0 Å². The second kappa shape index (κ2) is 11.7. The Labute approximate surface area is 213 Å². The molecule has 2 aromatic rings. The number of amides is 1. The van der Waals surface area contributed by atoms with Gasteiger partial charge in [0.2, 0.25) is 0 Å². The smallest absolute Gasteiger partial charge is 0.295 e. The van der Waals surface area contributed by atoms with Gasteiger partial charge in [0.1, 0.15) is 11.5 Å². The van der Waals surface area contributed by atoms with Crippen LogP contribution in [0.5, 0.6) is 5.75 Å². The van der Waals surface area contributed by atoms with E-state index < -0.39 is 17.7 Å². The zero-order valence-electron chi connectivity index (χ0n) is 21.2. The van der Waals surface area contributed by atoms with E-state index in [1.807, 2.05) is 31.2 Å². The number of hydrogen-bond donors (Lipinski definition) is 1. The zero-order valence-corrected chi connectivity index (χ0v) is 21.9. The topological polar surface area (TPSA) is 70.1 Å². The van der Waals surface area contributed by atoms with E-state index in [9.17, 15) is 14.7 Å². The molecule has 1 fully saturated rings. The Morgan fingerprint density at radius 1 is 1.09 bits per heavy atom. The van der Waals surface area contributed by atoms with E-state index in [-0.39, 0.29) is 11.3 Å². The molecule has 1 heterocycles. The normalized spacial score (nSPS) is 17.6. The first-order valence-corrected chi connectivity index (χ1v) is 12.6. The summed E-state index contributed by atoms with van der Waals surface area (Å²) in [6.45, 7) is 13.4. The lowest BCUT2D eigenvalue weighted by Gasteiger charge is -2.28. The Kier molecular flexibility index (Phi) is 8.98. The van der Waals surface area contributed by atoms with Gasteiger partial charge in [-0.25, -0.2) is 0 Å². The van der Waals surface area contributed by atoms with Crippen LogP contribution in [0.2, 0.25) is 5.02 Å². The Hall–Kier alpha value is -2.83. The molecule has 0 saturated carbocycles. The molecular weight excluding hydrogens is 464 g/mol. The highest BCUT2D eigenvalue weighted by molar-refractivity contribution is 6.46. The standard InChI is InChI=1S/C28H35ClN2O4/c1-6-30(7-2)15-16-31-25(20-11-9-19(10-12-20)18(4)5)24(27(33)28(31)34)26(32)21-13-14-23(35-8-3)22(29)17-21/h9-14,17-18,25,32H,6-8,15-16H2,1-5H3. The largest absolute Gasteiger partial charge is 0.507 e. The SMILES string of the molecule is CCOc1ccc(C(O)=C2C(=O)C(=O)N(CCN(CC)CC)C2c2ccc(C(C)C)cc2)cc1Cl. The molecule has 35 heavy (non-hydrogen) atoms. The van der Waals surface area contributed by atoms with Gasteiger partial charge in [0.05, 0.1) is 23.2 Å². The Balaban J connectivity index is 2.10. The molecule has 0 aliphatic carbocycles. The van der Waals surface area contributed by atoms with E-state index in [2.05, 4.69) is 32.6 Å². The monoisotopic (exact) mass is 498 g/mol. The van der Waals surface area contributed by atoms with E-state index in [0.29, 0.717) is 41.9 Å². The maximum Gasteiger partial charge on any atom is 0.295 e. The maximum atomic E-state index is 13.2. The molecule has 188 valence electrons. The molecule has 1 amide bonds. The second-order valence-corrected chi connectivity index (χ2v) is 9.33. The number of carbonyl (C=O) groups is 2. The molecule has 1 aliphatic heterocycles. The number of Topliss-reactive ketones (excluding diaryl/α,β-unsaturated/α-hetero) is 1. The summed E-state index contributed by atoms with van der Waals surface area (Å²) in [4.78, 5) is 30.2. The minimum absolute atomic E-state index is 0.0760. The average Bonchev–Trinajstić information content (AvgIpc) is 3.10. The van der Waals surface area contributed by atoms with Crippen molar-refractivity contribution in [2.24, 2.45) is 0 Å². The molecule has 0 radical (unpaired) electrons. The van der Waals surface area contributed by atoms with Crippen LogP contribution in [0.15, 0.2) is 48.0 Å². The van der Waals surface area contributed by atoms with Crippen molar-refractivity contribution in [2.75, 3.05) is 32.8 Å². The van der Waals surface area contributed by atoms with E-state index in [4.69, 9.17) is 16.3 Å². The third-order valence-corrected chi connectivity index (χ3v) is 6.81. The summed E-state index contributed by atoms with van der Waals surface area (Å²) >= 11 is 6.34. The fourth-order valence-electron chi connectivity index (χ4n) is 4.39. The molecule has 1 saturated heterocycles. The molecule has 1 atom stereocenters. The van der Waals surface area contributed by atoms with Crippen LogP contribution in [0.4, 0.5) is 0 Å². The van der Waals surface area contributed by atoms with Gasteiger partial charge in [-0.05, 0) is 55.3 Å². The van der Waals surface area contributed by atoms with E-state index in [0.717, 1.165) is 24.2 Å². The lowest BCUT2D eigenvalue weighted by molar-refractivity contribution is -0.140. The van der Waals surface area contributed by atoms with Gasteiger partial charge in [-0.15, -0.1) is 0 Å². The number of hydrogen-bond acceptors (Lipinski definition) is 5. The summed E-state index contributed by atoms with van der Waals surface area (Å²) in [6.07, 6.45) is 0. The van der Waals surface area contributed by atoms with Crippen LogP contribution < -0.4 is 4.74 Å². The molecule has 1 unspecified atom stereocenters.